The molecule has 2 N–H and O–H groups in total. The Morgan fingerprint density at radius 3 is 2.45 bits per heavy atom. The maximum absolute atomic E-state index is 11.9. The van der Waals surface area contributed by atoms with Crippen molar-refractivity contribution < 1.29 is 49.3 Å². The van der Waals surface area contributed by atoms with Gasteiger partial charge in [0.1, 0.15) is 6.54 Å². The van der Waals surface area contributed by atoms with Crippen LogP contribution in [0.5, 0.6) is 5.75 Å². The van der Waals surface area contributed by atoms with E-state index < -0.39 is 0 Å². The van der Waals surface area contributed by atoms with Gasteiger partial charge in [0.25, 0.3) is 0 Å². The van der Waals surface area contributed by atoms with E-state index in [4.69, 9.17) is 16.3 Å². The molecule has 1 saturated carbocycles. The fraction of sp³-hybridized carbons (Fsp3) is 0.480. The Labute approximate surface area is 214 Å². The Morgan fingerprint density at radius 2 is 1.77 bits per heavy atom. The molecule has 2 fully saturated rings. The van der Waals surface area contributed by atoms with Crippen molar-refractivity contribution in [2.24, 2.45) is 0 Å². The largest absolute Gasteiger partial charge is 1.00 e. The van der Waals surface area contributed by atoms with E-state index >= 15 is 0 Å². The number of hydrogen-bond acceptors (Lipinski definition) is 2. The van der Waals surface area contributed by atoms with Crippen LogP contribution in [0.3, 0.4) is 0 Å². The molecule has 1 heterocycles. The Balaban J connectivity index is 0.000000501. The third kappa shape index (κ3) is 8.88. The van der Waals surface area contributed by atoms with Crippen molar-refractivity contribution in [3.63, 3.8) is 0 Å². The second-order valence-electron chi connectivity index (χ2n) is 8.31. The van der Waals surface area contributed by atoms with Gasteiger partial charge in [-0.15, -0.1) is 0 Å². The zero-order chi connectivity index (χ0) is 21.2. The number of halogens is 1. The van der Waals surface area contributed by atoms with Gasteiger partial charge in [-0.2, -0.15) is 0 Å². The van der Waals surface area contributed by atoms with E-state index in [1.807, 2.05) is 6.07 Å². The first-order valence-corrected chi connectivity index (χ1v) is 11.6. The molecule has 2 aliphatic rings. The second-order valence-corrected chi connectivity index (χ2v) is 8.74. The first kappa shape index (κ1) is 26.4. The van der Waals surface area contributed by atoms with Gasteiger partial charge < -0.3 is 14.7 Å². The number of ether oxygens (including phenoxy) is 1. The predicted octanol–water partition coefficient (Wildman–Crippen LogP) is -0.607. The third-order valence-electron chi connectivity index (χ3n) is 5.97. The van der Waals surface area contributed by atoms with Crippen molar-refractivity contribution in [2.45, 2.75) is 57.5 Å². The minimum absolute atomic E-state index is 0. The second kappa shape index (κ2) is 14.3. The molecule has 1 unspecified atom stereocenters. The summed E-state index contributed by atoms with van der Waals surface area (Å²) in [5.74, 6) is -0.0284. The zero-order valence-electron chi connectivity index (χ0n) is 19.0. The Kier molecular flexibility index (Phi) is 12.2. The standard InChI is InChI=1S/C21H25ClN2O.C4H8O.Na/c1-24(19-8-3-2-4-9-19)15-16-7-5-6-10-20(16)23-14-17-13-18(22)11-12-21(17)25;1-2-4-5-3-1;/h5-7,10-14,19,25H,2-4,8-9,15H2,1H3;1-4H2;/q;;+1/p+1. The molecule has 1 aliphatic heterocycles. The molecular weight excluding hydrogens is 419 g/mol. The Hall–Kier alpha value is -0.880. The van der Waals surface area contributed by atoms with Crippen LogP contribution in [0, 0.1) is 0 Å². The maximum atomic E-state index is 11.9. The molecule has 6 heteroatoms. The molecule has 4 nitrogen and oxygen atoms in total. The molecule has 1 saturated heterocycles. The summed E-state index contributed by atoms with van der Waals surface area (Å²) in [7, 11) is 2.29. The summed E-state index contributed by atoms with van der Waals surface area (Å²) in [6.07, 6.45) is 11.1. The van der Waals surface area contributed by atoms with Crippen molar-refractivity contribution in [3.8, 4) is 5.75 Å². The summed E-state index contributed by atoms with van der Waals surface area (Å²) >= 11 is 5.99. The van der Waals surface area contributed by atoms with Crippen LogP contribution in [-0.2, 0) is 11.3 Å². The average Bonchev–Trinajstić information content (AvgIpc) is 3.36. The third-order valence-corrected chi connectivity index (χ3v) is 6.21. The quantitative estimate of drug-likeness (QED) is 0.470. The molecular formula is C25H34ClN2NaO2+2. The van der Waals surface area contributed by atoms with Crippen LogP contribution < -0.4 is 44.6 Å². The minimum atomic E-state index is -0.0284. The van der Waals surface area contributed by atoms with Crippen LogP contribution in [0.15, 0.2) is 42.5 Å². The van der Waals surface area contributed by atoms with Crippen molar-refractivity contribution in [1.29, 1.82) is 0 Å². The molecule has 0 radical (unpaired) electrons. The van der Waals surface area contributed by atoms with E-state index in [0.29, 0.717) is 10.6 Å². The van der Waals surface area contributed by atoms with Crippen LogP contribution in [0.4, 0.5) is 5.69 Å². The summed E-state index contributed by atoms with van der Waals surface area (Å²) in [6.45, 7) is 2.99. The first-order valence-electron chi connectivity index (χ1n) is 11.2. The zero-order valence-corrected chi connectivity index (χ0v) is 21.7. The maximum Gasteiger partial charge on any atom is 1.00 e. The van der Waals surface area contributed by atoms with E-state index in [1.54, 1.807) is 23.2 Å². The number of para-hydroxylation sites is 1. The summed E-state index contributed by atoms with van der Waals surface area (Å²) < 4.78 is 4.94. The van der Waals surface area contributed by atoms with Crippen LogP contribution in [0.25, 0.3) is 0 Å². The van der Waals surface area contributed by atoms with Crippen molar-refractivity contribution in [3.05, 3.63) is 58.6 Å². The Bertz CT molecular complexity index is 813. The summed E-state index contributed by atoms with van der Waals surface area (Å²) in [5, 5.41) is 12.5. The van der Waals surface area contributed by atoms with E-state index in [9.17, 15) is 5.11 Å². The number of nitrogens with one attached hydrogen (secondary N) is 2. The first-order chi connectivity index (χ1) is 14.6. The Morgan fingerprint density at radius 1 is 1.06 bits per heavy atom. The molecule has 4 rings (SSSR count). The molecule has 0 spiro atoms. The van der Waals surface area contributed by atoms with Crippen molar-refractivity contribution >= 4 is 23.5 Å². The summed E-state index contributed by atoms with van der Waals surface area (Å²) in [4.78, 5) is 4.88. The summed E-state index contributed by atoms with van der Waals surface area (Å²) in [5.41, 5.74) is 2.91. The molecule has 1 aliphatic carbocycles. The van der Waals surface area contributed by atoms with Crippen LogP contribution in [-0.4, -0.2) is 32.5 Å². The number of quaternary nitrogens is 1. The van der Waals surface area contributed by atoms with Gasteiger partial charge in [-0.25, -0.2) is 4.99 Å². The molecule has 0 amide bonds. The van der Waals surface area contributed by atoms with E-state index in [-0.39, 0.29) is 35.3 Å². The fourth-order valence-electron chi connectivity index (χ4n) is 4.15. The smallest absolute Gasteiger partial charge is 0.872 e. The predicted molar refractivity (Wildman–Crippen MR) is 121 cm³/mol. The van der Waals surface area contributed by atoms with Gasteiger partial charge in [-0.05, 0) is 56.7 Å². The minimum Gasteiger partial charge on any atom is -0.872 e. The van der Waals surface area contributed by atoms with Gasteiger partial charge in [-0.1, -0.05) is 42.0 Å². The monoisotopic (exact) mass is 452 g/mol. The SMILES string of the molecule is C1CCOC1.C[NH+](Cc1ccccc1[NH+]=Cc1cc(Cl)ccc1[O-])C1CCCCC1.[Na+]. The molecule has 0 bridgehead atoms. The molecule has 2 aromatic carbocycles. The van der Waals surface area contributed by atoms with Crippen LogP contribution >= 0.6 is 11.6 Å². The number of hydrogen-bond donors (Lipinski definition) is 2. The number of benzene rings is 2. The van der Waals surface area contributed by atoms with E-state index in [0.717, 1.165) is 31.5 Å². The van der Waals surface area contributed by atoms with Gasteiger partial charge in [0.15, 0.2) is 6.21 Å². The van der Waals surface area contributed by atoms with Gasteiger partial charge in [-0.3, -0.25) is 0 Å². The number of rotatable bonds is 5. The molecule has 0 aromatic heterocycles. The normalized spacial score (nSPS) is 17.6. The molecule has 1 atom stereocenters. The van der Waals surface area contributed by atoms with Crippen molar-refractivity contribution in [1.82, 2.24) is 0 Å². The van der Waals surface area contributed by atoms with Crippen LogP contribution in [0.2, 0.25) is 5.02 Å². The fourth-order valence-corrected chi connectivity index (χ4v) is 4.33. The molecule has 162 valence electrons. The molecule has 2 aromatic rings. The summed E-state index contributed by atoms with van der Waals surface area (Å²) in [6, 6.07) is 13.9. The van der Waals surface area contributed by atoms with E-state index in [1.165, 1.54) is 56.6 Å². The van der Waals surface area contributed by atoms with Crippen LogP contribution in [0.1, 0.15) is 56.1 Å². The van der Waals surface area contributed by atoms with Gasteiger partial charge in [0.2, 0.25) is 5.69 Å². The molecule has 31 heavy (non-hydrogen) atoms. The van der Waals surface area contributed by atoms with Gasteiger partial charge in [0.05, 0.1) is 18.7 Å². The van der Waals surface area contributed by atoms with Gasteiger partial charge >= 0.3 is 29.6 Å². The van der Waals surface area contributed by atoms with Crippen molar-refractivity contribution in [2.75, 3.05) is 20.3 Å². The average molecular weight is 453 g/mol. The topological polar surface area (TPSA) is 50.7 Å². The van der Waals surface area contributed by atoms with E-state index in [2.05, 4.69) is 30.2 Å². The van der Waals surface area contributed by atoms with Gasteiger partial charge in [0, 0.05) is 29.9 Å².